The molecule has 11 nitrogen and oxygen atoms in total. The van der Waals surface area contributed by atoms with Gasteiger partial charge in [-0.25, -0.2) is 9.59 Å². The van der Waals surface area contributed by atoms with Gasteiger partial charge in [0, 0.05) is 20.4 Å². The molecule has 3 unspecified atom stereocenters. The summed E-state index contributed by atoms with van der Waals surface area (Å²) < 4.78 is 28.6. The van der Waals surface area contributed by atoms with Gasteiger partial charge in [-0.15, -0.1) is 11.8 Å². The largest absolute Gasteiger partial charge is 0.497 e. The van der Waals surface area contributed by atoms with Crippen molar-refractivity contribution >= 4 is 63.9 Å². The highest BCUT2D eigenvalue weighted by Crippen LogP contribution is 2.58. The van der Waals surface area contributed by atoms with E-state index >= 15 is 9.59 Å². The van der Waals surface area contributed by atoms with E-state index in [4.69, 9.17) is 23.7 Å². The van der Waals surface area contributed by atoms with Gasteiger partial charge in [0.25, 0.3) is 0 Å². The summed E-state index contributed by atoms with van der Waals surface area (Å²) in [4.78, 5) is 64.0. The number of esters is 2. The standard InChI is InChI=1S/C65H59N2O9PS/c1-46(68)76-59(57-42-43-66(57)64(71)75-45-48-36-40-53(73-3)41-37-48)58-60(69)67(62(58)78-65(49-22-10-4-11-23-49,50-24-12-5-13-25-50)51-26-14-6-15-27-51)61(63(70)74-44-47-34-38-52(72-2)39-35-47)77(54-28-16-7-17-29-54,55-30-18-8-19-31-55)56-32-20-9-21-33-56/h4-41,57-59,62H,42-45H2,1-3H3/t57-,58?,59?,62?/m0/s1. The fourth-order valence-electron chi connectivity index (χ4n) is 10.7. The van der Waals surface area contributed by atoms with Crippen LogP contribution < -0.4 is 25.4 Å². The number of amides is 2. The number of hydrogen-bond donors (Lipinski definition) is 0. The average Bonchev–Trinajstić information content (AvgIpc) is 3.51. The third-order valence-electron chi connectivity index (χ3n) is 14.5. The number of β-lactam (4-membered cyclic amide) rings is 1. The number of hydrogen-bond acceptors (Lipinski definition) is 10. The Labute approximate surface area is 459 Å². The number of ether oxygens (including phenoxy) is 5. The van der Waals surface area contributed by atoms with Gasteiger partial charge in [-0.05, 0) is 74.4 Å². The quantitative estimate of drug-likeness (QED) is 0.0254. The van der Waals surface area contributed by atoms with E-state index in [9.17, 15) is 9.59 Å². The number of benzene rings is 8. The van der Waals surface area contributed by atoms with Crippen LogP contribution in [0.25, 0.3) is 0 Å². The minimum absolute atomic E-state index is 0.0200. The predicted octanol–water partition coefficient (Wildman–Crippen LogP) is 10.7. The van der Waals surface area contributed by atoms with Gasteiger partial charge < -0.3 is 28.6 Å². The highest BCUT2D eigenvalue weighted by molar-refractivity contribution is 8.01. The Balaban J connectivity index is 1.22. The number of carbonyl (C=O) groups excluding carboxylic acids is 4. The number of rotatable bonds is 19. The van der Waals surface area contributed by atoms with Crippen molar-refractivity contribution in [3.63, 3.8) is 0 Å². The molecule has 8 aromatic carbocycles. The molecule has 0 bridgehead atoms. The van der Waals surface area contributed by atoms with Crippen LogP contribution in [0, 0.1) is 5.92 Å². The molecule has 0 spiro atoms. The first-order valence-corrected chi connectivity index (χ1v) is 28.5. The number of likely N-dealkylation sites (tertiary alicyclic amines) is 2. The normalized spacial score (nSPS) is 16.4. The number of methoxy groups -OCH3 is 2. The first-order chi connectivity index (χ1) is 38.2. The van der Waals surface area contributed by atoms with Gasteiger partial charge >= 0.3 is 18.0 Å². The third kappa shape index (κ3) is 10.5. The number of thioether (sulfide) groups is 1. The molecule has 4 atom stereocenters. The Morgan fingerprint density at radius 1 is 0.564 bits per heavy atom. The Morgan fingerprint density at radius 3 is 1.33 bits per heavy atom. The summed E-state index contributed by atoms with van der Waals surface area (Å²) >= 11 is 1.50. The van der Waals surface area contributed by atoms with E-state index in [0.717, 1.165) is 38.2 Å². The van der Waals surface area contributed by atoms with E-state index in [1.54, 1.807) is 31.3 Å². The molecule has 78 heavy (non-hydrogen) atoms. The molecule has 10 rings (SSSR count). The fraction of sp³-hybridized carbons (Fsp3) is 0.185. The monoisotopic (exact) mass is 1070 g/mol. The van der Waals surface area contributed by atoms with Crippen LogP contribution in [-0.2, 0) is 46.6 Å². The molecular weight excluding hydrogens is 1020 g/mol. The lowest BCUT2D eigenvalue weighted by atomic mass is 9.82. The SMILES string of the molecule is COc1ccc(COC(=O)C(N2C(=O)C(C(OC(C)=O)[C@@H]3CCN3C(=O)OCc3ccc(OC)cc3)C2SC(c2ccccc2)(c2ccccc2)c2ccccc2)=P(c2ccccc2)(c2ccccc2)c2ccccc2)cc1. The fourth-order valence-corrected chi connectivity index (χ4v) is 17.0. The molecule has 0 aromatic heterocycles. The van der Waals surface area contributed by atoms with Gasteiger partial charge in [0.2, 0.25) is 5.91 Å². The van der Waals surface area contributed by atoms with Crippen molar-refractivity contribution in [1.82, 2.24) is 9.80 Å². The molecule has 2 aliphatic rings. The van der Waals surface area contributed by atoms with Gasteiger partial charge in [-0.2, -0.15) is 0 Å². The molecule has 8 aromatic rings. The summed E-state index contributed by atoms with van der Waals surface area (Å²) in [5, 5.41) is 1.45. The second kappa shape index (κ2) is 23.9. The lowest BCUT2D eigenvalue weighted by Gasteiger charge is -2.56. The van der Waals surface area contributed by atoms with Gasteiger partial charge in [-0.3, -0.25) is 14.5 Å². The Hall–Kier alpha value is -8.31. The highest BCUT2D eigenvalue weighted by Gasteiger charge is 2.63. The van der Waals surface area contributed by atoms with Crippen LogP contribution in [0.15, 0.2) is 231 Å². The van der Waals surface area contributed by atoms with E-state index in [1.165, 1.54) is 23.6 Å². The first-order valence-electron chi connectivity index (χ1n) is 25.8. The van der Waals surface area contributed by atoms with E-state index in [1.807, 2.05) is 182 Å². The van der Waals surface area contributed by atoms with Crippen LogP contribution in [0.4, 0.5) is 4.79 Å². The lowest BCUT2D eigenvalue weighted by Crippen LogP contribution is -2.72. The molecule has 0 N–H and O–H groups in total. The zero-order valence-corrected chi connectivity index (χ0v) is 45.2. The predicted molar refractivity (Wildman–Crippen MR) is 308 cm³/mol. The molecule has 2 fully saturated rings. The minimum atomic E-state index is -3.49. The van der Waals surface area contributed by atoms with Crippen LogP contribution >= 0.6 is 18.6 Å². The first kappa shape index (κ1) is 53.1. The van der Waals surface area contributed by atoms with Crippen LogP contribution in [0.3, 0.4) is 0 Å². The molecule has 0 aliphatic carbocycles. The van der Waals surface area contributed by atoms with Gasteiger partial charge in [-0.1, -0.05) is 206 Å². The van der Waals surface area contributed by atoms with Crippen molar-refractivity contribution in [3.05, 3.63) is 258 Å². The zero-order valence-electron chi connectivity index (χ0n) is 43.5. The minimum Gasteiger partial charge on any atom is -0.497 e. The maximum atomic E-state index is 16.6. The van der Waals surface area contributed by atoms with Crippen LogP contribution in [-0.4, -0.2) is 77.4 Å². The summed E-state index contributed by atoms with van der Waals surface area (Å²) in [6.45, 7) is -2.02. The Morgan fingerprint density at radius 2 is 0.962 bits per heavy atom. The van der Waals surface area contributed by atoms with E-state index in [2.05, 4.69) is 36.4 Å². The van der Waals surface area contributed by atoms with Crippen molar-refractivity contribution in [1.29, 1.82) is 0 Å². The molecule has 2 saturated heterocycles. The maximum absolute atomic E-state index is 16.6. The molecular formula is C65H59N2O9PS. The van der Waals surface area contributed by atoms with Crippen LogP contribution in [0.2, 0.25) is 0 Å². The van der Waals surface area contributed by atoms with Crippen molar-refractivity contribution < 1.29 is 42.9 Å². The summed E-state index contributed by atoms with van der Waals surface area (Å²) in [5.74, 6) is -1.60. The van der Waals surface area contributed by atoms with Gasteiger partial charge in [0.05, 0.1) is 30.4 Å². The summed E-state index contributed by atoms with van der Waals surface area (Å²) in [5.41, 5.74) is 4.32. The smallest absolute Gasteiger partial charge is 0.410 e. The van der Waals surface area contributed by atoms with Crippen molar-refractivity contribution in [2.75, 3.05) is 20.8 Å². The molecule has 0 saturated carbocycles. The van der Waals surface area contributed by atoms with Crippen molar-refractivity contribution in [2.24, 2.45) is 5.92 Å². The lowest BCUT2D eigenvalue weighted by molar-refractivity contribution is -0.172. The molecule has 0 radical (unpaired) electrons. The molecule has 13 heteroatoms. The molecule has 2 amide bonds. The summed E-state index contributed by atoms with van der Waals surface area (Å²) in [6.07, 6.45) is -1.38. The molecule has 2 heterocycles. The summed E-state index contributed by atoms with van der Waals surface area (Å²) in [7, 11) is 3.18. The maximum Gasteiger partial charge on any atom is 0.410 e. The topological polar surface area (TPSA) is 121 Å². The Bertz CT molecular complexity index is 3190. The van der Waals surface area contributed by atoms with Crippen molar-refractivity contribution in [2.45, 2.75) is 48.8 Å². The third-order valence-corrected chi connectivity index (χ3v) is 20.5. The number of nitrogens with zero attached hydrogens (tertiary/aromatic N) is 2. The second-order valence-corrected chi connectivity index (χ2v) is 23.6. The second-order valence-electron chi connectivity index (χ2n) is 19.0. The molecule has 394 valence electrons. The van der Waals surface area contributed by atoms with Crippen LogP contribution in [0.5, 0.6) is 11.5 Å². The van der Waals surface area contributed by atoms with E-state index in [0.29, 0.717) is 30.0 Å². The Kier molecular flexibility index (Phi) is 16.3. The highest BCUT2D eigenvalue weighted by atomic mass is 32.2. The number of carbonyl (C=O) groups is 4. The average molecular weight is 1080 g/mol. The van der Waals surface area contributed by atoms with E-state index < -0.39 is 59.0 Å². The summed E-state index contributed by atoms with van der Waals surface area (Å²) in [6, 6.07) is 73.7. The van der Waals surface area contributed by atoms with Crippen LogP contribution in [0.1, 0.15) is 41.2 Å². The zero-order chi connectivity index (χ0) is 54.1. The molecule has 2 aliphatic heterocycles. The van der Waals surface area contributed by atoms with Crippen molar-refractivity contribution in [3.8, 4) is 11.5 Å². The van der Waals surface area contributed by atoms with Gasteiger partial charge in [0.15, 0.2) is 0 Å². The van der Waals surface area contributed by atoms with E-state index in [-0.39, 0.29) is 18.6 Å². The van der Waals surface area contributed by atoms with Gasteiger partial charge in [0.1, 0.15) is 42.2 Å².